The van der Waals surface area contributed by atoms with Crippen molar-refractivity contribution in [1.29, 1.82) is 0 Å². The third kappa shape index (κ3) is 3.32. The average Bonchev–Trinajstić information content (AvgIpc) is 2.62. The van der Waals surface area contributed by atoms with E-state index >= 15 is 0 Å². The minimum Gasteiger partial charge on any atom is -0.409 e. The summed E-state index contributed by atoms with van der Waals surface area (Å²) in [5.41, 5.74) is 7.44. The molecule has 104 valence electrons. The first-order valence-corrected chi connectivity index (χ1v) is 7.02. The molecule has 1 fully saturated rings. The third-order valence-electron chi connectivity index (χ3n) is 3.70. The van der Waals surface area contributed by atoms with Crippen LogP contribution >= 0.6 is 11.6 Å². The number of hydrogen-bond acceptors (Lipinski definition) is 3. The van der Waals surface area contributed by atoms with Crippen LogP contribution in [-0.4, -0.2) is 24.1 Å². The molecule has 1 aromatic rings. The molecule has 1 aromatic carbocycles. The van der Waals surface area contributed by atoms with Crippen molar-refractivity contribution >= 4 is 23.1 Å². The van der Waals surface area contributed by atoms with Crippen LogP contribution in [0.5, 0.6) is 0 Å². The molecule has 1 saturated heterocycles. The van der Waals surface area contributed by atoms with Gasteiger partial charge >= 0.3 is 0 Å². The largest absolute Gasteiger partial charge is 0.409 e. The Hall–Kier alpha value is -1.42. The van der Waals surface area contributed by atoms with Gasteiger partial charge in [0.25, 0.3) is 0 Å². The summed E-state index contributed by atoms with van der Waals surface area (Å²) in [6.07, 6.45) is 3.56. The van der Waals surface area contributed by atoms with Crippen molar-refractivity contribution in [3.8, 4) is 0 Å². The molecule has 0 saturated carbocycles. The molecule has 0 radical (unpaired) electrons. The first kappa shape index (κ1) is 14.0. The molecule has 1 aliphatic rings. The van der Waals surface area contributed by atoms with Gasteiger partial charge in [0.15, 0.2) is 5.84 Å². The number of nitrogens with two attached hydrogens (primary N) is 1. The quantitative estimate of drug-likeness (QED) is 0.379. The second kappa shape index (κ2) is 6.15. The number of oxime groups is 1. The maximum atomic E-state index is 8.89. The Morgan fingerprint density at radius 2 is 2.21 bits per heavy atom. The van der Waals surface area contributed by atoms with Gasteiger partial charge in [-0.05, 0) is 43.4 Å². The van der Waals surface area contributed by atoms with Gasteiger partial charge in [-0.2, -0.15) is 0 Å². The fraction of sp³-hybridized carbons (Fsp3) is 0.500. The number of benzene rings is 1. The number of amidine groups is 1. The summed E-state index contributed by atoms with van der Waals surface area (Å²) in [6, 6.07) is 5.46. The molecule has 2 rings (SSSR count). The standard InChI is InChI=1S/C14H20ClN3O/c1-10-3-2-7-18(8-6-10)13-9-11(15)4-5-12(13)14(16)17-19/h4-5,9-10,19H,2-3,6-8H2,1H3,(H2,16,17). The van der Waals surface area contributed by atoms with E-state index in [2.05, 4.69) is 17.0 Å². The number of anilines is 1. The molecule has 5 heteroatoms. The van der Waals surface area contributed by atoms with E-state index in [0.717, 1.165) is 43.1 Å². The highest BCUT2D eigenvalue weighted by Gasteiger charge is 2.18. The van der Waals surface area contributed by atoms with Gasteiger partial charge in [-0.15, -0.1) is 0 Å². The van der Waals surface area contributed by atoms with Gasteiger partial charge in [0.2, 0.25) is 0 Å². The minimum atomic E-state index is 0.129. The first-order chi connectivity index (χ1) is 9.11. The molecule has 1 unspecified atom stereocenters. The van der Waals surface area contributed by atoms with Crippen molar-refractivity contribution in [2.75, 3.05) is 18.0 Å². The van der Waals surface area contributed by atoms with E-state index in [1.807, 2.05) is 6.07 Å². The lowest BCUT2D eigenvalue weighted by atomic mass is 10.0. The van der Waals surface area contributed by atoms with E-state index < -0.39 is 0 Å². The Morgan fingerprint density at radius 1 is 1.42 bits per heavy atom. The predicted molar refractivity (Wildman–Crippen MR) is 79.2 cm³/mol. The summed E-state index contributed by atoms with van der Waals surface area (Å²) in [4.78, 5) is 2.28. The van der Waals surface area contributed by atoms with E-state index in [1.54, 1.807) is 12.1 Å². The van der Waals surface area contributed by atoms with Crippen LogP contribution in [-0.2, 0) is 0 Å². The van der Waals surface area contributed by atoms with Crippen molar-refractivity contribution in [3.63, 3.8) is 0 Å². The van der Waals surface area contributed by atoms with Gasteiger partial charge in [-0.25, -0.2) is 0 Å². The van der Waals surface area contributed by atoms with Crippen LogP contribution in [0.3, 0.4) is 0 Å². The minimum absolute atomic E-state index is 0.129. The summed E-state index contributed by atoms with van der Waals surface area (Å²) in [6.45, 7) is 4.25. The molecule has 0 bridgehead atoms. The topological polar surface area (TPSA) is 61.8 Å². The molecule has 19 heavy (non-hydrogen) atoms. The summed E-state index contributed by atoms with van der Waals surface area (Å²) in [7, 11) is 0. The molecular formula is C14H20ClN3O. The Bertz CT molecular complexity index is 476. The fourth-order valence-electron chi connectivity index (χ4n) is 2.54. The second-order valence-electron chi connectivity index (χ2n) is 5.17. The highest BCUT2D eigenvalue weighted by molar-refractivity contribution is 6.31. The van der Waals surface area contributed by atoms with Crippen molar-refractivity contribution in [3.05, 3.63) is 28.8 Å². The number of rotatable bonds is 2. The summed E-state index contributed by atoms with van der Waals surface area (Å²) in [5.74, 6) is 0.875. The van der Waals surface area contributed by atoms with Crippen LogP contribution in [0.15, 0.2) is 23.4 Å². The van der Waals surface area contributed by atoms with Crippen molar-refractivity contribution in [2.45, 2.75) is 26.2 Å². The lowest BCUT2D eigenvalue weighted by Gasteiger charge is -2.25. The smallest absolute Gasteiger partial charge is 0.172 e. The predicted octanol–water partition coefficient (Wildman–Crippen LogP) is 3.06. The van der Waals surface area contributed by atoms with E-state index in [4.69, 9.17) is 22.5 Å². The van der Waals surface area contributed by atoms with Gasteiger partial charge in [0, 0.05) is 29.4 Å². The zero-order valence-electron chi connectivity index (χ0n) is 11.1. The summed E-state index contributed by atoms with van der Waals surface area (Å²) >= 11 is 6.08. The second-order valence-corrected chi connectivity index (χ2v) is 5.61. The van der Waals surface area contributed by atoms with Crippen LogP contribution in [0.4, 0.5) is 5.69 Å². The van der Waals surface area contributed by atoms with Gasteiger partial charge in [0.1, 0.15) is 0 Å². The van der Waals surface area contributed by atoms with Gasteiger partial charge in [-0.3, -0.25) is 0 Å². The number of nitrogens with zero attached hydrogens (tertiary/aromatic N) is 2. The Kier molecular flexibility index (Phi) is 4.53. The lowest BCUT2D eigenvalue weighted by Crippen LogP contribution is -2.27. The zero-order valence-corrected chi connectivity index (χ0v) is 11.9. The number of halogens is 1. The first-order valence-electron chi connectivity index (χ1n) is 6.64. The van der Waals surface area contributed by atoms with E-state index in [-0.39, 0.29) is 5.84 Å². The van der Waals surface area contributed by atoms with E-state index in [9.17, 15) is 0 Å². The molecule has 0 aliphatic carbocycles. The van der Waals surface area contributed by atoms with Crippen LogP contribution in [0.1, 0.15) is 31.7 Å². The maximum absolute atomic E-state index is 8.89. The van der Waals surface area contributed by atoms with Crippen molar-refractivity contribution < 1.29 is 5.21 Å². The van der Waals surface area contributed by atoms with Crippen LogP contribution < -0.4 is 10.6 Å². The Balaban J connectivity index is 2.34. The van der Waals surface area contributed by atoms with Crippen LogP contribution in [0.2, 0.25) is 5.02 Å². The average molecular weight is 282 g/mol. The molecule has 0 amide bonds. The molecule has 0 aromatic heterocycles. The normalized spacial score (nSPS) is 21.3. The monoisotopic (exact) mass is 281 g/mol. The van der Waals surface area contributed by atoms with Gasteiger partial charge < -0.3 is 15.8 Å². The highest BCUT2D eigenvalue weighted by atomic mass is 35.5. The molecular weight excluding hydrogens is 262 g/mol. The van der Waals surface area contributed by atoms with Crippen LogP contribution in [0.25, 0.3) is 0 Å². The Morgan fingerprint density at radius 3 is 2.95 bits per heavy atom. The SMILES string of the molecule is CC1CCCN(c2cc(Cl)ccc2C(N)=NO)CC1. The van der Waals surface area contributed by atoms with Crippen molar-refractivity contribution in [2.24, 2.45) is 16.8 Å². The number of hydrogen-bond donors (Lipinski definition) is 2. The fourth-order valence-corrected chi connectivity index (χ4v) is 2.71. The van der Waals surface area contributed by atoms with Crippen LogP contribution in [0, 0.1) is 5.92 Å². The molecule has 1 aliphatic heterocycles. The molecule has 3 N–H and O–H groups in total. The molecule has 1 atom stereocenters. The third-order valence-corrected chi connectivity index (χ3v) is 3.94. The van der Waals surface area contributed by atoms with Gasteiger partial charge in [0.05, 0.1) is 0 Å². The lowest BCUT2D eigenvalue weighted by molar-refractivity contribution is 0.318. The highest BCUT2D eigenvalue weighted by Crippen LogP contribution is 2.28. The van der Waals surface area contributed by atoms with E-state index in [0.29, 0.717) is 5.02 Å². The van der Waals surface area contributed by atoms with Gasteiger partial charge in [-0.1, -0.05) is 23.7 Å². The van der Waals surface area contributed by atoms with E-state index in [1.165, 1.54) is 6.42 Å². The van der Waals surface area contributed by atoms with Crippen molar-refractivity contribution in [1.82, 2.24) is 0 Å². The molecule has 4 nitrogen and oxygen atoms in total. The maximum Gasteiger partial charge on any atom is 0.172 e. The molecule has 1 heterocycles. The Labute approximate surface area is 118 Å². The summed E-state index contributed by atoms with van der Waals surface area (Å²) < 4.78 is 0. The zero-order chi connectivity index (χ0) is 13.8. The summed E-state index contributed by atoms with van der Waals surface area (Å²) in [5, 5.41) is 12.7. The molecule has 0 spiro atoms.